The number of nitrogens with one attached hydrogen (secondary N) is 1. The Morgan fingerprint density at radius 3 is 2.50 bits per heavy atom. The zero-order valence-corrected chi connectivity index (χ0v) is 16.0. The Bertz CT molecular complexity index is 1010. The summed E-state index contributed by atoms with van der Waals surface area (Å²) < 4.78 is 28.7. The first-order chi connectivity index (χ1) is 13.4. The molecule has 0 saturated carbocycles. The second-order valence-corrected chi connectivity index (χ2v) is 8.82. The van der Waals surface area contributed by atoms with Crippen molar-refractivity contribution < 1.29 is 17.9 Å². The van der Waals surface area contributed by atoms with E-state index in [2.05, 4.69) is 5.32 Å². The van der Waals surface area contributed by atoms with Gasteiger partial charge in [0.05, 0.1) is 11.5 Å². The lowest BCUT2D eigenvalue weighted by molar-refractivity contribution is -0.117. The topological polar surface area (TPSA) is 96.3 Å². The van der Waals surface area contributed by atoms with Gasteiger partial charge in [-0.05, 0) is 35.8 Å². The summed E-state index contributed by atoms with van der Waals surface area (Å²) in [5.74, 6) is 0.105. The van der Waals surface area contributed by atoms with Crippen LogP contribution in [0.25, 0.3) is 6.08 Å². The standard InChI is InChI=1S/C21H20N2O4S/c22-13-18(21(24)23-19-10-11-28(25,26)15-19)12-16-6-8-20(9-7-16)27-14-17-4-2-1-3-5-17/h1-9,12,19H,10-11,14-15H2,(H,23,24)/b18-12+/t19-/m0/s1. The number of ether oxygens (including phenoxy) is 1. The largest absolute Gasteiger partial charge is 0.489 e. The van der Waals surface area contributed by atoms with Crippen LogP contribution in [0.15, 0.2) is 60.2 Å². The van der Waals surface area contributed by atoms with Crippen molar-refractivity contribution in [2.75, 3.05) is 11.5 Å². The number of carbonyl (C=O) groups excluding carboxylic acids is 1. The molecule has 0 spiro atoms. The highest BCUT2D eigenvalue weighted by Gasteiger charge is 2.29. The van der Waals surface area contributed by atoms with Gasteiger partial charge < -0.3 is 10.1 Å². The van der Waals surface area contributed by atoms with Crippen molar-refractivity contribution in [1.29, 1.82) is 5.26 Å². The fourth-order valence-corrected chi connectivity index (χ4v) is 4.56. The van der Waals surface area contributed by atoms with Crippen LogP contribution >= 0.6 is 0 Å². The Labute approximate surface area is 164 Å². The normalized spacial score (nSPS) is 18.2. The maximum absolute atomic E-state index is 12.3. The van der Waals surface area contributed by atoms with Gasteiger partial charge in [0, 0.05) is 6.04 Å². The Morgan fingerprint density at radius 2 is 1.89 bits per heavy atom. The van der Waals surface area contributed by atoms with Crippen LogP contribution in [0.3, 0.4) is 0 Å². The third-order valence-corrected chi connectivity index (χ3v) is 6.14. The van der Waals surface area contributed by atoms with Crippen LogP contribution in [0.2, 0.25) is 0 Å². The van der Waals surface area contributed by atoms with E-state index in [-0.39, 0.29) is 17.1 Å². The molecule has 1 fully saturated rings. The summed E-state index contributed by atoms with van der Waals surface area (Å²) in [4.78, 5) is 12.3. The van der Waals surface area contributed by atoms with Gasteiger partial charge in [0.15, 0.2) is 9.84 Å². The van der Waals surface area contributed by atoms with Crippen LogP contribution in [-0.2, 0) is 21.2 Å². The van der Waals surface area contributed by atoms with Crippen molar-refractivity contribution in [2.24, 2.45) is 0 Å². The van der Waals surface area contributed by atoms with Gasteiger partial charge in [-0.15, -0.1) is 0 Å². The van der Waals surface area contributed by atoms with Crippen molar-refractivity contribution in [3.05, 3.63) is 71.3 Å². The quantitative estimate of drug-likeness (QED) is 0.598. The minimum absolute atomic E-state index is 0.0635. The number of rotatable bonds is 6. The smallest absolute Gasteiger partial charge is 0.262 e. The van der Waals surface area contributed by atoms with Gasteiger partial charge in [-0.25, -0.2) is 8.42 Å². The molecule has 0 aromatic heterocycles. The summed E-state index contributed by atoms with van der Waals surface area (Å²) in [6.07, 6.45) is 1.85. The predicted octanol–water partition coefficient (Wildman–Crippen LogP) is 2.48. The Hall–Kier alpha value is -3.11. The van der Waals surface area contributed by atoms with E-state index in [4.69, 9.17) is 4.74 Å². The lowest BCUT2D eigenvalue weighted by atomic mass is 10.1. The Kier molecular flexibility index (Phi) is 6.12. The van der Waals surface area contributed by atoms with Crippen LogP contribution in [0.1, 0.15) is 17.5 Å². The summed E-state index contributed by atoms with van der Waals surface area (Å²) in [6.45, 7) is 0.451. The SMILES string of the molecule is N#C/C(=C\c1ccc(OCc2ccccc2)cc1)C(=O)N[C@H]1CCS(=O)(=O)C1. The third-order valence-electron chi connectivity index (χ3n) is 4.37. The molecule has 0 unspecified atom stereocenters. The number of sulfone groups is 1. The van der Waals surface area contributed by atoms with Gasteiger partial charge in [0.2, 0.25) is 0 Å². The lowest BCUT2D eigenvalue weighted by Crippen LogP contribution is -2.36. The summed E-state index contributed by atoms with van der Waals surface area (Å²) in [7, 11) is -3.09. The van der Waals surface area contributed by atoms with Crippen molar-refractivity contribution in [3.63, 3.8) is 0 Å². The van der Waals surface area contributed by atoms with E-state index in [0.29, 0.717) is 24.3 Å². The van der Waals surface area contributed by atoms with Crippen molar-refractivity contribution >= 4 is 21.8 Å². The maximum atomic E-state index is 12.3. The molecule has 2 aromatic rings. The van der Waals surface area contributed by atoms with Crippen molar-refractivity contribution in [3.8, 4) is 11.8 Å². The molecule has 0 bridgehead atoms. The zero-order chi connectivity index (χ0) is 20.0. The predicted molar refractivity (Wildman–Crippen MR) is 106 cm³/mol. The van der Waals surface area contributed by atoms with Gasteiger partial charge in [-0.2, -0.15) is 5.26 Å². The van der Waals surface area contributed by atoms with Gasteiger partial charge in [0.1, 0.15) is 24.0 Å². The number of hydrogen-bond donors (Lipinski definition) is 1. The summed E-state index contributed by atoms with van der Waals surface area (Å²) in [5, 5.41) is 11.9. The number of nitrogens with zero attached hydrogens (tertiary/aromatic N) is 1. The van der Waals surface area contributed by atoms with E-state index in [9.17, 15) is 18.5 Å². The first-order valence-corrected chi connectivity index (χ1v) is 10.7. The minimum Gasteiger partial charge on any atom is -0.489 e. The molecular weight excluding hydrogens is 376 g/mol. The van der Waals surface area contributed by atoms with Crippen LogP contribution in [-0.4, -0.2) is 31.9 Å². The maximum Gasteiger partial charge on any atom is 0.262 e. The van der Waals surface area contributed by atoms with E-state index in [1.807, 2.05) is 36.4 Å². The minimum atomic E-state index is -3.09. The highest BCUT2D eigenvalue weighted by Crippen LogP contribution is 2.17. The first-order valence-electron chi connectivity index (χ1n) is 8.85. The molecule has 1 saturated heterocycles. The molecule has 144 valence electrons. The molecule has 6 nitrogen and oxygen atoms in total. The average Bonchev–Trinajstić information content (AvgIpc) is 3.04. The second-order valence-electron chi connectivity index (χ2n) is 6.59. The number of carbonyl (C=O) groups is 1. The Balaban J connectivity index is 1.60. The molecule has 28 heavy (non-hydrogen) atoms. The number of nitriles is 1. The molecule has 1 aliphatic rings. The zero-order valence-electron chi connectivity index (χ0n) is 15.2. The van der Waals surface area contributed by atoms with E-state index in [1.54, 1.807) is 24.3 Å². The molecular formula is C21H20N2O4S. The second kappa shape index (κ2) is 8.72. The molecule has 0 radical (unpaired) electrons. The molecule has 1 heterocycles. The molecule has 1 amide bonds. The summed E-state index contributed by atoms with van der Waals surface area (Å²) in [5.41, 5.74) is 1.67. The van der Waals surface area contributed by atoms with E-state index in [0.717, 1.165) is 5.56 Å². The molecule has 7 heteroatoms. The van der Waals surface area contributed by atoms with Gasteiger partial charge in [-0.3, -0.25) is 4.79 Å². The lowest BCUT2D eigenvalue weighted by Gasteiger charge is -2.10. The van der Waals surface area contributed by atoms with Crippen LogP contribution in [0.4, 0.5) is 0 Å². The van der Waals surface area contributed by atoms with Gasteiger partial charge in [0.25, 0.3) is 5.91 Å². The monoisotopic (exact) mass is 396 g/mol. The van der Waals surface area contributed by atoms with E-state index in [1.165, 1.54) is 6.08 Å². The molecule has 3 rings (SSSR count). The van der Waals surface area contributed by atoms with Gasteiger partial charge in [-0.1, -0.05) is 42.5 Å². The molecule has 0 aliphatic carbocycles. The molecule has 2 aromatic carbocycles. The number of amides is 1. The van der Waals surface area contributed by atoms with Gasteiger partial charge >= 0.3 is 0 Å². The van der Waals surface area contributed by atoms with Crippen LogP contribution in [0.5, 0.6) is 5.75 Å². The van der Waals surface area contributed by atoms with Crippen LogP contribution in [0, 0.1) is 11.3 Å². The molecule has 1 aliphatic heterocycles. The highest BCUT2D eigenvalue weighted by atomic mass is 32.2. The summed E-state index contributed by atoms with van der Waals surface area (Å²) >= 11 is 0. The third kappa shape index (κ3) is 5.44. The van der Waals surface area contributed by atoms with E-state index >= 15 is 0 Å². The fourth-order valence-electron chi connectivity index (χ4n) is 2.89. The summed E-state index contributed by atoms with van der Waals surface area (Å²) in [6, 6.07) is 18.3. The molecule has 1 atom stereocenters. The van der Waals surface area contributed by atoms with Crippen molar-refractivity contribution in [2.45, 2.75) is 19.1 Å². The van der Waals surface area contributed by atoms with Crippen LogP contribution < -0.4 is 10.1 Å². The number of benzene rings is 2. The molecule has 1 N–H and O–H groups in total. The fraction of sp³-hybridized carbons (Fsp3) is 0.238. The average molecular weight is 396 g/mol. The van der Waals surface area contributed by atoms with E-state index < -0.39 is 21.8 Å². The first kappa shape index (κ1) is 19.6. The van der Waals surface area contributed by atoms with Crippen molar-refractivity contribution in [1.82, 2.24) is 5.32 Å². The highest BCUT2D eigenvalue weighted by molar-refractivity contribution is 7.91. The number of hydrogen-bond acceptors (Lipinski definition) is 5. The Morgan fingerprint density at radius 1 is 1.18 bits per heavy atom.